The van der Waals surface area contributed by atoms with Gasteiger partial charge >= 0.3 is 6.18 Å². The molecule has 1 aliphatic rings. The molecule has 0 heterocycles. The van der Waals surface area contributed by atoms with Crippen LogP contribution in [0, 0.1) is 0 Å². The molecule has 0 amide bonds. The summed E-state index contributed by atoms with van der Waals surface area (Å²) < 4.78 is 36.3. The fourth-order valence-corrected chi connectivity index (χ4v) is 1.94. The third-order valence-electron chi connectivity index (χ3n) is 2.35. The molecule has 5 heteroatoms. The van der Waals surface area contributed by atoms with E-state index in [1.54, 1.807) is 0 Å². The summed E-state index contributed by atoms with van der Waals surface area (Å²) in [5.41, 5.74) is 0. The molecule has 0 aliphatic heterocycles. The molecule has 1 saturated carbocycles. The van der Waals surface area contributed by atoms with Gasteiger partial charge in [0.15, 0.2) is 0 Å². The predicted molar refractivity (Wildman–Crippen MR) is 49.1 cm³/mol. The van der Waals surface area contributed by atoms with Crippen LogP contribution in [-0.4, -0.2) is 35.5 Å². The van der Waals surface area contributed by atoms with Gasteiger partial charge in [0.2, 0.25) is 0 Å². The lowest BCUT2D eigenvalue weighted by atomic mass is 9.91. The molecule has 0 unspecified atom stereocenters. The van der Waals surface area contributed by atoms with Crippen LogP contribution in [0.5, 0.6) is 0 Å². The van der Waals surface area contributed by atoms with Crippen molar-refractivity contribution in [1.29, 1.82) is 0 Å². The Bertz CT molecular complexity index is 156. The molecule has 1 fully saturated rings. The monoisotopic (exact) mass is 259 g/mol. The van der Waals surface area contributed by atoms with Crippen molar-refractivity contribution in [3.8, 4) is 0 Å². The normalized spacial score (nSPS) is 19.2. The molecule has 0 aromatic heterocycles. The maximum atomic E-state index is 12.1. The number of halogens is 4. The van der Waals surface area contributed by atoms with Crippen molar-refractivity contribution < 1.29 is 13.2 Å². The first-order valence-electron chi connectivity index (χ1n) is 4.39. The molecule has 0 bridgehead atoms. The lowest BCUT2D eigenvalue weighted by molar-refractivity contribution is -0.153. The van der Waals surface area contributed by atoms with E-state index in [2.05, 4.69) is 15.9 Å². The molecule has 0 atom stereocenters. The SMILES string of the molecule is FC(F)(F)CN(CCBr)C1CCC1. The third-order valence-corrected chi connectivity index (χ3v) is 2.70. The second kappa shape index (κ2) is 4.64. The van der Waals surface area contributed by atoms with Gasteiger partial charge in [0.05, 0.1) is 6.54 Å². The molecule has 1 nitrogen and oxygen atoms in total. The smallest absolute Gasteiger partial charge is 0.291 e. The van der Waals surface area contributed by atoms with E-state index in [-0.39, 0.29) is 6.04 Å². The van der Waals surface area contributed by atoms with Crippen molar-refractivity contribution >= 4 is 15.9 Å². The van der Waals surface area contributed by atoms with Gasteiger partial charge in [0, 0.05) is 17.9 Å². The van der Waals surface area contributed by atoms with Gasteiger partial charge in [-0.2, -0.15) is 13.2 Å². The highest BCUT2D eigenvalue weighted by Gasteiger charge is 2.35. The summed E-state index contributed by atoms with van der Waals surface area (Å²) in [4.78, 5) is 1.53. The largest absolute Gasteiger partial charge is 0.401 e. The standard InChI is InChI=1S/C8H13BrF3N/c9-4-5-13(6-8(10,11)12)7-2-1-3-7/h7H,1-6H2. The molecule has 0 aromatic rings. The van der Waals surface area contributed by atoms with Gasteiger partial charge in [-0.05, 0) is 12.8 Å². The van der Waals surface area contributed by atoms with Gasteiger partial charge < -0.3 is 0 Å². The van der Waals surface area contributed by atoms with Crippen LogP contribution in [0.2, 0.25) is 0 Å². The second-order valence-electron chi connectivity index (χ2n) is 3.36. The van der Waals surface area contributed by atoms with E-state index in [0.29, 0.717) is 11.9 Å². The molecule has 0 aromatic carbocycles. The van der Waals surface area contributed by atoms with E-state index < -0.39 is 12.7 Å². The maximum Gasteiger partial charge on any atom is 0.401 e. The van der Waals surface area contributed by atoms with Crippen LogP contribution in [0.3, 0.4) is 0 Å². The van der Waals surface area contributed by atoms with Gasteiger partial charge in [0.25, 0.3) is 0 Å². The van der Waals surface area contributed by atoms with Crippen molar-refractivity contribution in [1.82, 2.24) is 4.90 Å². The highest BCUT2D eigenvalue weighted by molar-refractivity contribution is 9.09. The molecule has 0 radical (unpaired) electrons. The molecule has 0 N–H and O–H groups in total. The van der Waals surface area contributed by atoms with Crippen molar-refractivity contribution in [2.24, 2.45) is 0 Å². The zero-order valence-electron chi connectivity index (χ0n) is 7.28. The lowest BCUT2D eigenvalue weighted by Crippen LogP contribution is -2.46. The van der Waals surface area contributed by atoms with E-state index in [9.17, 15) is 13.2 Å². The van der Waals surface area contributed by atoms with E-state index in [1.165, 1.54) is 4.90 Å². The minimum atomic E-state index is -4.06. The van der Waals surface area contributed by atoms with E-state index in [1.807, 2.05) is 0 Å². The summed E-state index contributed by atoms with van der Waals surface area (Å²) in [6.45, 7) is -0.270. The topological polar surface area (TPSA) is 3.24 Å². The summed E-state index contributed by atoms with van der Waals surface area (Å²) in [6.07, 6.45) is -1.15. The fraction of sp³-hybridized carbons (Fsp3) is 1.00. The summed E-state index contributed by atoms with van der Waals surface area (Å²) in [7, 11) is 0. The second-order valence-corrected chi connectivity index (χ2v) is 4.15. The number of hydrogen-bond donors (Lipinski definition) is 0. The van der Waals surface area contributed by atoms with Gasteiger partial charge in [-0.25, -0.2) is 0 Å². The van der Waals surface area contributed by atoms with Crippen molar-refractivity contribution in [3.63, 3.8) is 0 Å². The molecule has 78 valence electrons. The first-order valence-corrected chi connectivity index (χ1v) is 5.52. The Kier molecular flexibility index (Phi) is 4.04. The van der Waals surface area contributed by atoms with Crippen LogP contribution in [0.15, 0.2) is 0 Å². The van der Waals surface area contributed by atoms with E-state index in [0.717, 1.165) is 19.3 Å². The van der Waals surface area contributed by atoms with E-state index in [4.69, 9.17) is 0 Å². The highest BCUT2D eigenvalue weighted by atomic mass is 79.9. The molecule has 13 heavy (non-hydrogen) atoms. The van der Waals surface area contributed by atoms with E-state index >= 15 is 0 Å². The zero-order chi connectivity index (χ0) is 9.90. The zero-order valence-corrected chi connectivity index (χ0v) is 8.87. The Balaban J connectivity index is 2.37. The lowest BCUT2D eigenvalue weighted by Gasteiger charge is -2.37. The van der Waals surface area contributed by atoms with Gasteiger partial charge in [-0.1, -0.05) is 22.4 Å². The predicted octanol–water partition coefficient (Wildman–Crippen LogP) is 2.80. The Morgan fingerprint density at radius 3 is 2.23 bits per heavy atom. The average Bonchev–Trinajstić information content (AvgIpc) is 1.79. The quantitative estimate of drug-likeness (QED) is 0.702. The van der Waals surface area contributed by atoms with Crippen LogP contribution >= 0.6 is 15.9 Å². The Morgan fingerprint density at radius 1 is 1.31 bits per heavy atom. The molecular formula is C8H13BrF3N. The average molecular weight is 260 g/mol. The number of rotatable bonds is 4. The summed E-state index contributed by atoms with van der Waals surface area (Å²) in [6, 6.07) is 0.166. The highest BCUT2D eigenvalue weighted by Crippen LogP contribution is 2.27. The van der Waals surface area contributed by atoms with Gasteiger partial charge in [0.1, 0.15) is 0 Å². The summed E-state index contributed by atoms with van der Waals surface area (Å²) in [5.74, 6) is 0. The molecule has 0 saturated heterocycles. The summed E-state index contributed by atoms with van der Waals surface area (Å²) in [5, 5.41) is 0.611. The van der Waals surface area contributed by atoms with Crippen LogP contribution in [0.4, 0.5) is 13.2 Å². The van der Waals surface area contributed by atoms with Gasteiger partial charge in [-0.3, -0.25) is 4.90 Å². The van der Waals surface area contributed by atoms with Gasteiger partial charge in [-0.15, -0.1) is 0 Å². The van der Waals surface area contributed by atoms with Crippen molar-refractivity contribution in [2.75, 3.05) is 18.4 Å². The number of alkyl halides is 4. The first-order chi connectivity index (χ1) is 6.03. The minimum Gasteiger partial charge on any atom is -0.291 e. The fourth-order valence-electron chi connectivity index (χ4n) is 1.48. The molecular weight excluding hydrogens is 247 g/mol. The third kappa shape index (κ3) is 3.85. The Labute approximate surface area is 84.4 Å². The van der Waals surface area contributed by atoms with Crippen molar-refractivity contribution in [3.05, 3.63) is 0 Å². The van der Waals surface area contributed by atoms with Crippen LogP contribution < -0.4 is 0 Å². The molecule has 1 aliphatic carbocycles. The van der Waals surface area contributed by atoms with Crippen LogP contribution in [0.25, 0.3) is 0 Å². The minimum absolute atomic E-state index is 0.166. The first kappa shape index (κ1) is 11.3. The summed E-state index contributed by atoms with van der Waals surface area (Å²) >= 11 is 3.17. The number of hydrogen-bond acceptors (Lipinski definition) is 1. The molecule has 1 rings (SSSR count). The van der Waals surface area contributed by atoms with Crippen LogP contribution in [0.1, 0.15) is 19.3 Å². The molecule has 0 spiro atoms. The Hall–Kier alpha value is 0.230. The maximum absolute atomic E-state index is 12.1. The van der Waals surface area contributed by atoms with Crippen molar-refractivity contribution in [2.45, 2.75) is 31.5 Å². The van der Waals surface area contributed by atoms with Crippen LogP contribution in [-0.2, 0) is 0 Å². The number of nitrogens with zero attached hydrogens (tertiary/aromatic N) is 1. The Morgan fingerprint density at radius 2 is 1.92 bits per heavy atom.